The number of carbonyl (C=O) groups excluding carboxylic acids is 3. The van der Waals surface area contributed by atoms with Crippen LogP contribution in [0.2, 0.25) is 0 Å². The first-order valence-electron chi connectivity index (χ1n) is 9.93. The van der Waals surface area contributed by atoms with E-state index in [4.69, 9.17) is 15.9 Å². The Morgan fingerprint density at radius 1 is 1.12 bits per heavy atom. The molecule has 0 radical (unpaired) electrons. The maximum Gasteiger partial charge on any atom is 0.274 e. The molecule has 0 unspecified atom stereocenters. The summed E-state index contributed by atoms with van der Waals surface area (Å²) in [7, 11) is 0. The SMILES string of the molecule is Cc1nc(C(N)=O)cs1.Cc1oc(-c2ccccc2)nc1C(=O)N[C@@H](CC(C)C)C(N)=O.[HH].[HH].[HH]. The third kappa shape index (κ3) is 7.02. The lowest BCUT2D eigenvalue weighted by molar-refractivity contribution is -0.120. The number of amides is 3. The van der Waals surface area contributed by atoms with Crippen LogP contribution in [0.3, 0.4) is 0 Å². The lowest BCUT2D eigenvalue weighted by atomic mass is 10.0. The number of carbonyl (C=O) groups is 3. The highest BCUT2D eigenvalue weighted by molar-refractivity contribution is 7.09. The number of thiazole rings is 1. The summed E-state index contributed by atoms with van der Waals surface area (Å²) in [5.41, 5.74) is 11.6. The largest absolute Gasteiger partial charge is 0.441 e. The zero-order valence-electron chi connectivity index (χ0n) is 18.4. The van der Waals surface area contributed by atoms with Crippen molar-refractivity contribution in [2.75, 3.05) is 0 Å². The second-order valence-corrected chi connectivity index (χ2v) is 8.53. The quantitative estimate of drug-likeness (QED) is 0.486. The van der Waals surface area contributed by atoms with E-state index in [2.05, 4.69) is 15.3 Å². The van der Waals surface area contributed by atoms with Gasteiger partial charge < -0.3 is 21.2 Å². The molecule has 0 aliphatic heterocycles. The fourth-order valence-electron chi connectivity index (χ4n) is 2.73. The lowest BCUT2D eigenvalue weighted by Crippen LogP contribution is -2.45. The van der Waals surface area contributed by atoms with Crippen molar-refractivity contribution in [2.45, 2.75) is 40.2 Å². The molecule has 0 aliphatic rings. The minimum absolute atomic E-state index is 0. The predicted molar refractivity (Wildman–Crippen MR) is 128 cm³/mol. The molecule has 1 atom stereocenters. The summed E-state index contributed by atoms with van der Waals surface area (Å²) >= 11 is 1.42. The van der Waals surface area contributed by atoms with Gasteiger partial charge in [-0.2, -0.15) is 0 Å². The van der Waals surface area contributed by atoms with Crippen LogP contribution in [-0.4, -0.2) is 33.7 Å². The Balaban J connectivity index is 0. The van der Waals surface area contributed by atoms with Gasteiger partial charge in [0.15, 0.2) is 5.69 Å². The third-order valence-electron chi connectivity index (χ3n) is 4.26. The molecule has 9 nitrogen and oxygen atoms in total. The molecule has 2 aromatic heterocycles. The molecule has 0 aliphatic carbocycles. The van der Waals surface area contributed by atoms with E-state index in [1.165, 1.54) is 11.3 Å². The maximum absolute atomic E-state index is 12.4. The predicted octanol–water partition coefficient (Wildman–Crippen LogP) is 3.57. The number of primary amides is 2. The van der Waals surface area contributed by atoms with Crippen molar-refractivity contribution >= 4 is 29.1 Å². The Morgan fingerprint density at radius 3 is 2.25 bits per heavy atom. The molecule has 3 rings (SSSR count). The highest BCUT2D eigenvalue weighted by atomic mass is 32.1. The minimum atomic E-state index is -0.723. The van der Waals surface area contributed by atoms with Crippen LogP contribution >= 0.6 is 11.3 Å². The number of hydrogen-bond acceptors (Lipinski definition) is 7. The van der Waals surface area contributed by atoms with Gasteiger partial charge in [0, 0.05) is 15.2 Å². The average Bonchev–Trinajstić information content (AvgIpc) is 3.34. The maximum atomic E-state index is 12.4. The normalized spacial score (nSPS) is 11.4. The fraction of sp³-hybridized carbons (Fsp3) is 0.318. The van der Waals surface area contributed by atoms with E-state index < -0.39 is 23.8 Å². The number of aryl methyl sites for hydroxylation is 2. The molecule has 3 aromatic rings. The summed E-state index contributed by atoms with van der Waals surface area (Å²) in [5, 5.41) is 5.15. The van der Waals surface area contributed by atoms with Crippen LogP contribution in [0.15, 0.2) is 40.1 Å². The number of nitrogens with two attached hydrogens (primary N) is 2. The van der Waals surface area contributed by atoms with Crippen LogP contribution in [-0.2, 0) is 4.79 Å². The van der Waals surface area contributed by atoms with E-state index in [1.807, 2.05) is 51.1 Å². The molecule has 0 saturated heterocycles. The first-order chi connectivity index (χ1) is 15.1. The first-order valence-corrected chi connectivity index (χ1v) is 10.8. The summed E-state index contributed by atoms with van der Waals surface area (Å²) in [4.78, 5) is 42.3. The first kappa shape index (κ1) is 24.7. The molecule has 3 amide bonds. The van der Waals surface area contributed by atoms with Crippen molar-refractivity contribution in [3.05, 3.63) is 57.9 Å². The summed E-state index contributed by atoms with van der Waals surface area (Å²) in [6.45, 7) is 7.40. The molecule has 5 N–H and O–H groups in total. The van der Waals surface area contributed by atoms with E-state index in [0.717, 1.165) is 10.6 Å². The molecule has 10 heteroatoms. The Labute approximate surface area is 194 Å². The van der Waals surface area contributed by atoms with E-state index in [0.29, 0.717) is 23.8 Å². The average molecular weight is 464 g/mol. The van der Waals surface area contributed by atoms with Crippen LogP contribution in [0.25, 0.3) is 11.5 Å². The van der Waals surface area contributed by atoms with Crippen LogP contribution in [0.5, 0.6) is 0 Å². The van der Waals surface area contributed by atoms with Gasteiger partial charge in [-0.15, -0.1) is 11.3 Å². The number of oxazole rings is 1. The van der Waals surface area contributed by atoms with Crippen molar-refractivity contribution in [3.8, 4) is 11.5 Å². The van der Waals surface area contributed by atoms with E-state index in [1.54, 1.807) is 12.3 Å². The molecule has 0 saturated carbocycles. The summed E-state index contributed by atoms with van der Waals surface area (Å²) < 4.78 is 5.56. The Hall–Kier alpha value is -3.53. The van der Waals surface area contributed by atoms with Crippen LogP contribution < -0.4 is 16.8 Å². The van der Waals surface area contributed by atoms with Crippen molar-refractivity contribution in [1.29, 1.82) is 0 Å². The fourth-order valence-corrected chi connectivity index (χ4v) is 3.33. The Kier molecular flexibility index (Phi) is 8.65. The zero-order valence-corrected chi connectivity index (χ0v) is 19.2. The van der Waals surface area contributed by atoms with Crippen molar-refractivity contribution in [2.24, 2.45) is 17.4 Å². The van der Waals surface area contributed by atoms with E-state index >= 15 is 0 Å². The van der Waals surface area contributed by atoms with Crippen LogP contribution in [0, 0.1) is 19.8 Å². The van der Waals surface area contributed by atoms with Crippen molar-refractivity contribution < 1.29 is 23.1 Å². The van der Waals surface area contributed by atoms with Gasteiger partial charge >= 0.3 is 0 Å². The van der Waals surface area contributed by atoms with Crippen LogP contribution in [0.1, 0.15) is 56.3 Å². The molecule has 176 valence electrons. The smallest absolute Gasteiger partial charge is 0.274 e. The van der Waals surface area contributed by atoms with Crippen molar-refractivity contribution in [1.82, 2.24) is 15.3 Å². The topological polar surface area (TPSA) is 154 Å². The molecule has 0 bridgehead atoms. The number of benzene rings is 1. The zero-order chi connectivity index (χ0) is 23.8. The molecule has 2 heterocycles. The number of nitrogens with zero attached hydrogens (tertiary/aromatic N) is 2. The van der Waals surface area contributed by atoms with Gasteiger partial charge in [0.2, 0.25) is 11.8 Å². The number of rotatable bonds is 7. The second-order valence-electron chi connectivity index (χ2n) is 7.46. The van der Waals surface area contributed by atoms with Gasteiger partial charge in [-0.3, -0.25) is 14.4 Å². The Bertz CT molecular complexity index is 1090. The van der Waals surface area contributed by atoms with Gasteiger partial charge in [0.05, 0.1) is 5.01 Å². The number of hydrogen-bond donors (Lipinski definition) is 3. The molecule has 0 spiro atoms. The Morgan fingerprint density at radius 2 is 1.78 bits per heavy atom. The van der Waals surface area contributed by atoms with Gasteiger partial charge in [-0.1, -0.05) is 32.0 Å². The number of nitrogens with one attached hydrogen (secondary N) is 1. The van der Waals surface area contributed by atoms with Gasteiger partial charge in [0.1, 0.15) is 17.5 Å². The molecular weight excluding hydrogens is 430 g/mol. The van der Waals surface area contributed by atoms with Gasteiger partial charge in [0.25, 0.3) is 11.8 Å². The summed E-state index contributed by atoms with van der Waals surface area (Å²) in [5.74, 6) is -0.485. The number of aromatic nitrogens is 2. The van der Waals surface area contributed by atoms with Crippen LogP contribution in [0.4, 0.5) is 0 Å². The highest BCUT2D eigenvalue weighted by Gasteiger charge is 2.24. The monoisotopic (exact) mass is 463 g/mol. The lowest BCUT2D eigenvalue weighted by Gasteiger charge is -2.16. The van der Waals surface area contributed by atoms with Gasteiger partial charge in [-0.25, -0.2) is 9.97 Å². The third-order valence-corrected chi connectivity index (χ3v) is 5.03. The van der Waals surface area contributed by atoms with E-state index in [9.17, 15) is 14.4 Å². The molecule has 32 heavy (non-hydrogen) atoms. The highest BCUT2D eigenvalue weighted by Crippen LogP contribution is 2.21. The molecule has 1 aromatic carbocycles. The van der Waals surface area contributed by atoms with Gasteiger partial charge in [-0.05, 0) is 38.3 Å². The molecule has 0 fully saturated rings. The second kappa shape index (κ2) is 11.2. The molecular formula is C22H33N5O4S. The minimum Gasteiger partial charge on any atom is -0.441 e. The van der Waals surface area contributed by atoms with E-state index in [-0.39, 0.29) is 15.9 Å². The van der Waals surface area contributed by atoms with Crippen molar-refractivity contribution in [3.63, 3.8) is 0 Å². The summed E-state index contributed by atoms with van der Waals surface area (Å²) in [6, 6.07) is 8.58. The standard InChI is InChI=1S/C17H21N3O3.C5H6N2OS.3H2/c1-10(2)9-13(15(18)21)19-16(22)14-11(3)23-17(20-14)12-7-5-4-6-8-12;1-3-7-4(2-9-3)5(6)8;;;/h4-8,10,13H,9H2,1-3H3,(H2,18,21)(H,19,22);2H,1H3,(H2,6,8);3*1H/t13-;;;;/m0..../s1. The summed E-state index contributed by atoms with van der Waals surface area (Å²) in [6.07, 6.45) is 0.476.